The zero-order chi connectivity index (χ0) is 12.7. The van der Waals surface area contributed by atoms with Crippen molar-refractivity contribution in [3.05, 3.63) is 29.3 Å². The molecule has 17 heavy (non-hydrogen) atoms. The van der Waals surface area contributed by atoms with Gasteiger partial charge in [0, 0.05) is 17.3 Å². The Hall–Kier alpha value is -1.75. The van der Waals surface area contributed by atoms with Crippen molar-refractivity contribution >= 4 is 29.2 Å². The normalized spacial score (nSPS) is 9.53. The molecule has 0 bridgehead atoms. The fraction of sp³-hybridized carbons (Fsp3) is 0.273. The number of amides is 3. The summed E-state index contributed by atoms with van der Waals surface area (Å²) in [5.74, 6) is -0.407. The number of rotatable bonds is 4. The Morgan fingerprint density at radius 2 is 2.12 bits per heavy atom. The Morgan fingerprint density at radius 1 is 1.35 bits per heavy atom. The van der Waals surface area contributed by atoms with E-state index in [-0.39, 0.29) is 6.54 Å². The zero-order valence-electron chi connectivity index (χ0n) is 9.42. The number of hydrogen-bond donors (Lipinski definition) is 3. The van der Waals surface area contributed by atoms with Crippen LogP contribution in [0.5, 0.6) is 0 Å². The number of urea groups is 1. The van der Waals surface area contributed by atoms with E-state index in [1.165, 1.54) is 0 Å². The van der Waals surface area contributed by atoms with Crippen LogP contribution in [-0.4, -0.2) is 25.0 Å². The Morgan fingerprint density at radius 3 is 2.76 bits per heavy atom. The molecule has 0 aliphatic carbocycles. The van der Waals surface area contributed by atoms with Crippen molar-refractivity contribution in [3.8, 4) is 0 Å². The van der Waals surface area contributed by atoms with Crippen LogP contribution in [0.2, 0.25) is 5.02 Å². The first-order valence-corrected chi connectivity index (χ1v) is 5.56. The molecule has 0 spiro atoms. The lowest BCUT2D eigenvalue weighted by atomic mass is 10.3. The predicted molar refractivity (Wildman–Crippen MR) is 67.2 cm³/mol. The van der Waals surface area contributed by atoms with Gasteiger partial charge in [-0.3, -0.25) is 10.1 Å². The SMILES string of the molecule is CCNC(=O)NC(=O)CNc1cccc(Cl)c1. The van der Waals surface area contributed by atoms with Crippen molar-refractivity contribution in [2.45, 2.75) is 6.92 Å². The van der Waals surface area contributed by atoms with E-state index in [1.807, 2.05) is 0 Å². The molecule has 1 aromatic carbocycles. The van der Waals surface area contributed by atoms with E-state index < -0.39 is 11.9 Å². The molecule has 1 aromatic rings. The molecule has 5 nitrogen and oxygen atoms in total. The van der Waals surface area contributed by atoms with E-state index in [0.29, 0.717) is 11.6 Å². The minimum atomic E-state index is -0.495. The summed E-state index contributed by atoms with van der Waals surface area (Å²) < 4.78 is 0. The minimum absolute atomic E-state index is 0.0114. The second-order valence-electron chi connectivity index (χ2n) is 3.27. The van der Waals surface area contributed by atoms with Crippen molar-refractivity contribution in [2.24, 2.45) is 0 Å². The second-order valence-corrected chi connectivity index (χ2v) is 3.71. The van der Waals surface area contributed by atoms with Gasteiger partial charge in [0.2, 0.25) is 5.91 Å². The van der Waals surface area contributed by atoms with Crippen LogP contribution in [-0.2, 0) is 4.79 Å². The molecule has 6 heteroatoms. The van der Waals surface area contributed by atoms with Gasteiger partial charge >= 0.3 is 6.03 Å². The number of benzene rings is 1. The van der Waals surface area contributed by atoms with Crippen LogP contribution in [0.15, 0.2) is 24.3 Å². The van der Waals surface area contributed by atoms with E-state index in [4.69, 9.17) is 11.6 Å². The number of hydrogen-bond acceptors (Lipinski definition) is 3. The summed E-state index contributed by atoms with van der Waals surface area (Å²) in [6.45, 7) is 2.26. The third-order valence-corrected chi connectivity index (χ3v) is 2.10. The third kappa shape index (κ3) is 5.21. The maximum Gasteiger partial charge on any atom is 0.321 e. The molecule has 0 saturated carbocycles. The van der Waals surface area contributed by atoms with Gasteiger partial charge in [-0.2, -0.15) is 0 Å². The van der Waals surface area contributed by atoms with E-state index in [2.05, 4.69) is 16.0 Å². The summed E-state index contributed by atoms with van der Waals surface area (Å²) in [5.41, 5.74) is 0.726. The van der Waals surface area contributed by atoms with Crippen LogP contribution >= 0.6 is 11.6 Å². The average molecular weight is 256 g/mol. The highest BCUT2D eigenvalue weighted by molar-refractivity contribution is 6.30. The van der Waals surface area contributed by atoms with Crippen LogP contribution in [0, 0.1) is 0 Å². The fourth-order valence-electron chi connectivity index (χ4n) is 1.16. The first-order chi connectivity index (χ1) is 8.11. The lowest BCUT2D eigenvalue weighted by Gasteiger charge is -2.07. The van der Waals surface area contributed by atoms with Crippen LogP contribution < -0.4 is 16.0 Å². The number of carbonyl (C=O) groups is 2. The number of imide groups is 1. The van der Waals surface area contributed by atoms with E-state index in [1.54, 1.807) is 31.2 Å². The van der Waals surface area contributed by atoms with Gasteiger partial charge in [-0.05, 0) is 25.1 Å². The molecule has 0 fully saturated rings. The average Bonchev–Trinajstić information content (AvgIpc) is 2.27. The molecule has 3 N–H and O–H groups in total. The minimum Gasteiger partial charge on any atom is -0.376 e. The molecular formula is C11H14ClN3O2. The van der Waals surface area contributed by atoms with Crippen LogP contribution in [0.25, 0.3) is 0 Å². The van der Waals surface area contributed by atoms with Gasteiger partial charge in [0.25, 0.3) is 0 Å². The summed E-state index contributed by atoms with van der Waals surface area (Å²) in [6.07, 6.45) is 0. The highest BCUT2D eigenvalue weighted by atomic mass is 35.5. The lowest BCUT2D eigenvalue weighted by molar-refractivity contribution is -0.118. The molecule has 1 rings (SSSR count). The standard InChI is InChI=1S/C11H14ClN3O2/c1-2-13-11(17)15-10(16)7-14-9-5-3-4-8(12)6-9/h3-6,14H,2,7H2,1H3,(H2,13,15,16,17). The fourth-order valence-corrected chi connectivity index (χ4v) is 1.35. The monoisotopic (exact) mass is 255 g/mol. The highest BCUT2D eigenvalue weighted by Crippen LogP contribution is 2.14. The first-order valence-electron chi connectivity index (χ1n) is 5.19. The number of halogens is 1. The third-order valence-electron chi connectivity index (χ3n) is 1.87. The van der Waals surface area contributed by atoms with Gasteiger partial charge in [-0.25, -0.2) is 4.79 Å². The largest absolute Gasteiger partial charge is 0.376 e. The molecule has 0 aromatic heterocycles. The molecular weight excluding hydrogens is 242 g/mol. The highest BCUT2D eigenvalue weighted by Gasteiger charge is 2.05. The van der Waals surface area contributed by atoms with E-state index >= 15 is 0 Å². The Balaban J connectivity index is 2.35. The quantitative estimate of drug-likeness (QED) is 0.765. The van der Waals surface area contributed by atoms with Crippen molar-refractivity contribution in [1.82, 2.24) is 10.6 Å². The van der Waals surface area contributed by atoms with Crippen molar-refractivity contribution in [1.29, 1.82) is 0 Å². The lowest BCUT2D eigenvalue weighted by Crippen LogP contribution is -2.41. The smallest absolute Gasteiger partial charge is 0.321 e. The Bertz CT molecular complexity index is 409. The molecule has 0 heterocycles. The first kappa shape index (κ1) is 13.3. The van der Waals surface area contributed by atoms with Crippen molar-refractivity contribution < 1.29 is 9.59 Å². The van der Waals surface area contributed by atoms with Gasteiger partial charge in [0.05, 0.1) is 6.54 Å². The van der Waals surface area contributed by atoms with E-state index in [0.717, 1.165) is 5.69 Å². The summed E-state index contributed by atoms with van der Waals surface area (Å²) in [7, 11) is 0. The van der Waals surface area contributed by atoms with Gasteiger partial charge in [-0.15, -0.1) is 0 Å². The van der Waals surface area contributed by atoms with Gasteiger partial charge in [0.1, 0.15) is 0 Å². The second kappa shape index (κ2) is 6.75. The van der Waals surface area contributed by atoms with Gasteiger partial charge < -0.3 is 10.6 Å². The summed E-state index contributed by atoms with van der Waals surface area (Å²) in [5, 5.41) is 8.08. The molecule has 0 aliphatic rings. The molecule has 0 radical (unpaired) electrons. The predicted octanol–water partition coefficient (Wildman–Crippen LogP) is 1.60. The molecule has 0 aliphatic heterocycles. The van der Waals surface area contributed by atoms with Crippen molar-refractivity contribution in [3.63, 3.8) is 0 Å². The molecule has 92 valence electrons. The summed E-state index contributed by atoms with van der Waals surface area (Å²) in [6, 6.07) is 6.49. The Kier molecular flexibility index (Phi) is 5.29. The van der Waals surface area contributed by atoms with Crippen LogP contribution in [0.4, 0.5) is 10.5 Å². The van der Waals surface area contributed by atoms with Crippen LogP contribution in [0.3, 0.4) is 0 Å². The number of nitrogens with one attached hydrogen (secondary N) is 3. The Labute approximate surface area is 105 Å². The number of carbonyl (C=O) groups excluding carboxylic acids is 2. The molecule has 3 amide bonds. The van der Waals surface area contributed by atoms with Gasteiger partial charge in [0.15, 0.2) is 0 Å². The maximum atomic E-state index is 11.3. The molecule has 0 atom stereocenters. The zero-order valence-corrected chi connectivity index (χ0v) is 10.2. The maximum absolute atomic E-state index is 11.3. The van der Waals surface area contributed by atoms with Gasteiger partial charge in [-0.1, -0.05) is 17.7 Å². The molecule has 0 unspecified atom stereocenters. The topological polar surface area (TPSA) is 70.2 Å². The molecule has 0 saturated heterocycles. The summed E-state index contributed by atoms with van der Waals surface area (Å²) in [4.78, 5) is 22.3. The van der Waals surface area contributed by atoms with E-state index in [9.17, 15) is 9.59 Å². The van der Waals surface area contributed by atoms with Crippen molar-refractivity contribution in [2.75, 3.05) is 18.4 Å². The van der Waals surface area contributed by atoms with Crippen LogP contribution in [0.1, 0.15) is 6.92 Å². The summed E-state index contributed by atoms with van der Waals surface area (Å²) >= 11 is 5.78. The number of anilines is 1.